The molecule has 2 atom stereocenters. The molecule has 1 saturated heterocycles. The van der Waals surface area contributed by atoms with Crippen molar-refractivity contribution >= 4 is 26.2 Å². The summed E-state index contributed by atoms with van der Waals surface area (Å²) in [6.07, 6.45) is 0.539. The van der Waals surface area contributed by atoms with Gasteiger partial charge in [0.15, 0.2) is 0 Å². The number of benzene rings is 1. The molecule has 1 aliphatic heterocycles. The molecule has 1 aromatic carbocycles. The van der Waals surface area contributed by atoms with E-state index in [0.717, 1.165) is 50.5 Å². The molecule has 100 valence electrons. The molecule has 1 fully saturated rings. The largest absolute Gasteiger partial charge is 0.660 e. The van der Waals surface area contributed by atoms with Crippen LogP contribution in [0.25, 0.3) is 5.32 Å². The summed E-state index contributed by atoms with van der Waals surface area (Å²) >= 11 is 1.46. The van der Waals surface area contributed by atoms with Gasteiger partial charge >= 0.3 is 63.5 Å². The first kappa shape index (κ1) is 17.7. The van der Waals surface area contributed by atoms with Crippen LogP contribution in [0.3, 0.4) is 0 Å². The van der Waals surface area contributed by atoms with Crippen LogP contribution in [0.5, 0.6) is 0 Å². The van der Waals surface area contributed by atoms with Gasteiger partial charge in [-0.15, -0.1) is 13.1 Å². The van der Waals surface area contributed by atoms with Crippen LogP contribution in [-0.2, 0) is 9.53 Å². The molecular formula is C14H17INO2Pr. The molecule has 5 heteroatoms. The third kappa shape index (κ3) is 6.79. The van der Waals surface area contributed by atoms with Crippen molar-refractivity contribution in [3.8, 4) is 0 Å². The fourth-order valence-electron chi connectivity index (χ4n) is 1.83. The first-order chi connectivity index (χ1) is 9.33. The summed E-state index contributed by atoms with van der Waals surface area (Å²) in [6.45, 7) is 1.91. The second-order valence-electron chi connectivity index (χ2n) is 3.92. The average Bonchev–Trinajstić information content (AvgIpc) is 2.73. The number of alkyl halides is 1. The number of carbonyl (C=O) groups is 1. The third-order valence-corrected chi connectivity index (χ3v) is 8.07. The molecule has 0 amide bonds. The molecule has 1 aliphatic rings. The van der Waals surface area contributed by atoms with Gasteiger partial charge in [0.1, 0.15) is 12.4 Å². The van der Waals surface area contributed by atoms with Crippen LogP contribution in [0.4, 0.5) is 0 Å². The Morgan fingerprint density at radius 1 is 1.47 bits per heavy atom. The molecule has 3 nitrogen and oxygen atoms in total. The molecule has 2 rings (SSSR count). The van der Waals surface area contributed by atoms with Gasteiger partial charge in [-0.3, -0.25) is 0 Å². The maximum absolute atomic E-state index is 10.9. The van der Waals surface area contributed by atoms with Crippen molar-refractivity contribution in [1.82, 2.24) is 0 Å². The summed E-state index contributed by atoms with van der Waals surface area (Å²) in [7, 11) is 0. The predicted octanol–water partition coefficient (Wildman–Crippen LogP) is 2.51. The molecule has 0 radical (unpaired) electrons. The summed E-state index contributed by atoms with van der Waals surface area (Å²) < 4.78 is 8.66. The minimum Gasteiger partial charge on any atom is -0.660 e. The standard InChI is InChI=1S/C12H14NO2.C2H3I.Pr/c14-9-12-11(8-13-6-7-15-12)10-4-2-1-3-5-10;1-3-2;/h1-5,9,11-12H,6-8H2;1H3;/q-1;;+1. The Labute approximate surface area is 150 Å². The van der Waals surface area contributed by atoms with Crippen LogP contribution in [0.2, 0.25) is 0 Å². The minimum atomic E-state index is -0.348. The van der Waals surface area contributed by atoms with E-state index in [-0.39, 0.29) is 12.0 Å². The summed E-state index contributed by atoms with van der Waals surface area (Å²) in [4.78, 5) is 13.2. The Kier molecular flexibility index (Phi) is 10.6. The number of ether oxygens (including phenoxy) is 1. The number of carbonyl (C=O) groups excluding carboxylic acids is 1. The van der Waals surface area contributed by atoms with Gasteiger partial charge in [0.05, 0.1) is 0 Å². The number of hydrogen-bond donors (Lipinski definition) is 0. The first-order valence-electron chi connectivity index (χ1n) is 6.02. The van der Waals surface area contributed by atoms with Gasteiger partial charge in [0.2, 0.25) is 0 Å². The zero-order valence-corrected chi connectivity index (χ0v) is 16.8. The zero-order chi connectivity index (χ0) is 13.9. The van der Waals surface area contributed by atoms with Crippen molar-refractivity contribution in [2.24, 2.45) is 0 Å². The Hall–Kier alpha value is 0.684. The average molecular weight is 499 g/mol. The second kappa shape index (κ2) is 11.4. The van der Waals surface area contributed by atoms with E-state index in [0.29, 0.717) is 40.4 Å². The molecule has 2 unspecified atom stereocenters. The van der Waals surface area contributed by atoms with E-state index < -0.39 is 0 Å². The Balaban J connectivity index is 0.000000399. The molecular weight excluding hydrogens is 482 g/mol. The van der Waals surface area contributed by atoms with Gasteiger partial charge < -0.3 is 14.8 Å². The van der Waals surface area contributed by atoms with E-state index in [4.69, 9.17) is 4.74 Å². The number of hydrogen-bond acceptors (Lipinski definition) is 2. The van der Waals surface area contributed by atoms with Gasteiger partial charge in [0, 0.05) is 6.61 Å². The first-order valence-corrected chi connectivity index (χ1v) is 11.1. The van der Waals surface area contributed by atoms with Gasteiger partial charge in [0.25, 0.3) is 0 Å². The summed E-state index contributed by atoms with van der Waals surface area (Å²) in [5, 5.41) is 4.34. The molecule has 0 saturated carbocycles. The van der Waals surface area contributed by atoms with E-state index in [9.17, 15) is 4.79 Å². The fraction of sp³-hybridized carbons (Fsp3) is 0.429. The van der Waals surface area contributed by atoms with Crippen LogP contribution < -0.4 is 0 Å². The van der Waals surface area contributed by atoms with Crippen LogP contribution in [0, 0.1) is 38.7 Å². The number of nitrogens with zero attached hydrogens (tertiary/aromatic N) is 1. The summed E-state index contributed by atoms with van der Waals surface area (Å²) in [6, 6.07) is 9.95. The third-order valence-electron chi connectivity index (χ3n) is 2.75. The molecule has 0 spiro atoms. The summed E-state index contributed by atoms with van der Waals surface area (Å²) in [5.74, 6) is 0.0752. The molecule has 0 bridgehead atoms. The smallest absolute Gasteiger partial charge is 0.149 e. The number of rotatable bonds is 2. The monoisotopic (exact) mass is 499 g/mol. The molecule has 0 aromatic heterocycles. The zero-order valence-electron chi connectivity index (χ0n) is 11.0. The molecule has 19 heavy (non-hydrogen) atoms. The normalized spacial score (nSPS) is 22.5. The Morgan fingerprint density at radius 2 is 2.16 bits per heavy atom. The number of halogens is 1. The molecule has 0 aliphatic carbocycles. The topological polar surface area (TPSA) is 40.4 Å². The fourth-order valence-corrected chi connectivity index (χ4v) is 1.83. The van der Waals surface area contributed by atoms with Crippen molar-refractivity contribution in [1.29, 1.82) is 0 Å². The van der Waals surface area contributed by atoms with Gasteiger partial charge in [-0.05, 0) is 11.5 Å². The van der Waals surface area contributed by atoms with E-state index >= 15 is 0 Å². The van der Waals surface area contributed by atoms with Crippen molar-refractivity contribution in [2.75, 3.05) is 24.6 Å². The Morgan fingerprint density at radius 3 is 2.74 bits per heavy atom. The van der Waals surface area contributed by atoms with Crippen LogP contribution in [-0.4, -0.2) is 36.2 Å². The van der Waals surface area contributed by atoms with E-state index in [1.54, 1.807) is 0 Å². The quantitative estimate of drug-likeness (QED) is 0.357. The van der Waals surface area contributed by atoms with Crippen LogP contribution in [0.15, 0.2) is 30.3 Å². The van der Waals surface area contributed by atoms with E-state index in [1.165, 1.54) is 0 Å². The second-order valence-corrected chi connectivity index (χ2v) is 10.3. The molecule has 0 N–H and O–H groups in total. The van der Waals surface area contributed by atoms with Crippen LogP contribution >= 0.6 is 20.7 Å². The van der Waals surface area contributed by atoms with Crippen molar-refractivity contribution in [2.45, 2.75) is 12.0 Å². The van der Waals surface area contributed by atoms with E-state index in [1.807, 2.05) is 30.3 Å². The Bertz CT molecular complexity index is 421. The minimum absolute atomic E-state index is 0.0752. The van der Waals surface area contributed by atoms with Gasteiger partial charge in [-0.1, -0.05) is 30.3 Å². The van der Waals surface area contributed by atoms with E-state index in [2.05, 4.69) is 9.41 Å². The molecule has 1 heterocycles. The van der Waals surface area contributed by atoms with Crippen molar-refractivity contribution in [3.05, 3.63) is 41.2 Å². The SMILES string of the molecule is CI=[C]=[Pr+].O=CC1OCC[N-]CC1c1ccccc1. The van der Waals surface area contributed by atoms with Gasteiger partial charge in [-0.2, -0.15) is 0 Å². The maximum atomic E-state index is 10.9. The number of aldehydes is 1. The van der Waals surface area contributed by atoms with Crippen molar-refractivity contribution < 1.29 is 48.2 Å². The predicted molar refractivity (Wildman–Crippen MR) is 83.0 cm³/mol. The van der Waals surface area contributed by atoms with Gasteiger partial charge in [-0.25, -0.2) is 0 Å². The van der Waals surface area contributed by atoms with Crippen LogP contribution in [0.1, 0.15) is 11.5 Å². The molecule has 1 aromatic rings. The van der Waals surface area contributed by atoms with Crippen molar-refractivity contribution in [3.63, 3.8) is 0 Å². The summed E-state index contributed by atoms with van der Waals surface area (Å²) in [5.41, 5.74) is 1.13. The maximum Gasteiger partial charge on any atom is 0.149 e.